The van der Waals surface area contributed by atoms with Gasteiger partial charge < -0.3 is 34.2 Å². The monoisotopic (exact) mass is 815 g/mol. The Bertz CT molecular complexity index is 2210. The van der Waals surface area contributed by atoms with Gasteiger partial charge in [-0.1, -0.05) is 66.5 Å². The van der Waals surface area contributed by atoms with E-state index in [1.807, 2.05) is 108 Å². The van der Waals surface area contributed by atoms with Crippen LogP contribution in [0.2, 0.25) is 0 Å². The van der Waals surface area contributed by atoms with Crippen LogP contribution in [0.4, 0.5) is 0 Å². The van der Waals surface area contributed by atoms with Crippen molar-refractivity contribution in [2.45, 2.75) is 103 Å². The third-order valence-electron chi connectivity index (χ3n) is 12.2. The number of carbonyl (C=O) groups excluding carboxylic acids is 1. The van der Waals surface area contributed by atoms with Gasteiger partial charge in [0.05, 0.1) is 23.9 Å². The summed E-state index contributed by atoms with van der Waals surface area (Å²) >= 11 is 0. The standard InChI is InChI=1S/C50H61N3O7/c1-7-27-58-50-45(53(6)48(56)37-22-21-34-16-8-9-17-35(34)28-37)31-43(52-60-49(3,4)5)41-29-36(18-10-12-25-54)40(20-11-13-26-55)46(47(41)50)42-30-39(23-24-44(42)59-50)57-32-38-19-14-15-33(2)51-38/h7-9,14-17,19,21-24,28-30,36,40,45-47,54-55H,1,10-13,18,20,25-27,31-32H2,2-6H3/t36-,40+,45-,46+,47+,50+/m0/s1. The van der Waals surface area contributed by atoms with Gasteiger partial charge in [-0.25, -0.2) is 0 Å². The molecule has 0 unspecified atom stereocenters. The smallest absolute Gasteiger partial charge is 0.254 e. The quantitative estimate of drug-likeness (QED) is 0.0615. The maximum Gasteiger partial charge on any atom is 0.254 e. The molecular weight excluding hydrogens is 755 g/mol. The normalized spacial score (nSPS) is 23.9. The summed E-state index contributed by atoms with van der Waals surface area (Å²) in [5, 5.41) is 26.8. The highest BCUT2D eigenvalue weighted by Gasteiger charge is 2.65. The van der Waals surface area contributed by atoms with Crippen LogP contribution in [0.1, 0.15) is 98.9 Å². The van der Waals surface area contributed by atoms with E-state index in [2.05, 4.69) is 23.7 Å². The molecule has 2 aliphatic carbocycles. The molecule has 0 spiro atoms. The highest BCUT2D eigenvalue weighted by Crippen LogP contribution is 2.62. The number of aromatic nitrogens is 1. The minimum atomic E-state index is -1.35. The SMILES string of the molecule is C=CCO[C@@]12Oc3ccc(OCc4cccc(C)n4)cc3[C@H]3[C@H](CCCCO)[C@@H](CCCCO)C=C(C(=NOC(C)(C)C)C[C@@H]1N(C)C(=O)c1ccc4ccccc4c1)[C@H]32. The fraction of sp³-hybridized carbons (Fsp3) is 0.460. The molecule has 1 saturated carbocycles. The highest BCUT2D eigenvalue weighted by atomic mass is 16.7. The third-order valence-corrected chi connectivity index (χ3v) is 12.2. The minimum Gasteiger partial charge on any atom is -0.487 e. The number of benzene rings is 3. The number of allylic oxidation sites excluding steroid dienone is 1. The summed E-state index contributed by atoms with van der Waals surface area (Å²) in [6.45, 7) is 12.7. The summed E-state index contributed by atoms with van der Waals surface area (Å²) in [5.41, 5.74) is 4.50. The predicted molar refractivity (Wildman–Crippen MR) is 235 cm³/mol. The van der Waals surface area contributed by atoms with Crippen LogP contribution in [0.15, 0.2) is 108 Å². The highest BCUT2D eigenvalue weighted by molar-refractivity contribution is 6.04. The molecule has 3 aliphatic rings. The summed E-state index contributed by atoms with van der Waals surface area (Å²) < 4.78 is 20.9. The van der Waals surface area contributed by atoms with Crippen LogP contribution < -0.4 is 9.47 Å². The van der Waals surface area contributed by atoms with Crippen molar-refractivity contribution in [3.63, 3.8) is 0 Å². The lowest BCUT2D eigenvalue weighted by atomic mass is 9.55. The molecule has 0 saturated heterocycles. The van der Waals surface area contributed by atoms with Crippen LogP contribution in [0, 0.1) is 24.7 Å². The molecule has 60 heavy (non-hydrogen) atoms. The van der Waals surface area contributed by atoms with Crippen LogP contribution in [-0.4, -0.2) is 76.0 Å². The molecule has 1 aliphatic heterocycles. The van der Waals surface area contributed by atoms with Gasteiger partial charge in [-0.15, -0.1) is 6.58 Å². The van der Waals surface area contributed by atoms with E-state index in [4.69, 9.17) is 24.2 Å². The van der Waals surface area contributed by atoms with E-state index in [1.165, 1.54) is 0 Å². The first-order valence-electron chi connectivity index (χ1n) is 21.5. The van der Waals surface area contributed by atoms with Gasteiger partial charge >= 0.3 is 0 Å². The summed E-state index contributed by atoms with van der Waals surface area (Å²) in [6.07, 6.45) is 9.17. The number of hydrogen-bond acceptors (Lipinski definition) is 9. The maximum atomic E-state index is 14.8. The number of pyridine rings is 1. The number of ether oxygens (including phenoxy) is 3. The zero-order valence-electron chi connectivity index (χ0n) is 35.8. The molecule has 0 bridgehead atoms. The molecule has 0 radical (unpaired) electrons. The summed E-state index contributed by atoms with van der Waals surface area (Å²) in [5.74, 6) is -0.509. The van der Waals surface area contributed by atoms with Gasteiger partial charge in [-0.05, 0) is 124 Å². The van der Waals surface area contributed by atoms with Crippen molar-refractivity contribution >= 4 is 22.4 Å². The molecule has 1 amide bonds. The second-order valence-electron chi connectivity index (χ2n) is 17.5. The minimum absolute atomic E-state index is 0.0945. The van der Waals surface area contributed by atoms with Crippen molar-refractivity contribution in [1.29, 1.82) is 0 Å². The molecule has 2 N–H and O–H groups in total. The number of aliphatic hydroxyl groups excluding tert-OH is 2. The summed E-state index contributed by atoms with van der Waals surface area (Å²) in [7, 11) is 1.83. The lowest BCUT2D eigenvalue weighted by Gasteiger charge is -2.59. The van der Waals surface area contributed by atoms with Crippen molar-refractivity contribution < 1.29 is 34.1 Å². The number of nitrogens with zero attached hydrogens (tertiary/aromatic N) is 3. The predicted octanol–water partition coefficient (Wildman–Crippen LogP) is 9.33. The van der Waals surface area contributed by atoms with Gasteiger partial charge in [0, 0.05) is 49.4 Å². The van der Waals surface area contributed by atoms with Crippen LogP contribution in [0.5, 0.6) is 11.5 Å². The zero-order valence-corrected chi connectivity index (χ0v) is 35.8. The van der Waals surface area contributed by atoms with E-state index in [1.54, 1.807) is 11.0 Å². The average Bonchev–Trinajstić information content (AvgIpc) is 3.24. The van der Waals surface area contributed by atoms with E-state index in [9.17, 15) is 15.0 Å². The zero-order chi connectivity index (χ0) is 42.4. The van der Waals surface area contributed by atoms with E-state index < -0.39 is 23.3 Å². The number of carbonyl (C=O) groups is 1. The van der Waals surface area contributed by atoms with Crippen molar-refractivity contribution in [3.05, 3.63) is 126 Å². The van der Waals surface area contributed by atoms with Gasteiger partial charge in [-0.3, -0.25) is 9.78 Å². The van der Waals surface area contributed by atoms with E-state index in [0.717, 1.165) is 64.7 Å². The Morgan fingerprint density at radius 1 is 0.983 bits per heavy atom. The first-order chi connectivity index (χ1) is 29.0. The van der Waals surface area contributed by atoms with Gasteiger partial charge in [0.1, 0.15) is 29.7 Å². The number of unbranched alkanes of at least 4 members (excludes halogenated alkanes) is 2. The first kappa shape index (κ1) is 43.1. The number of likely N-dealkylation sites (N-methyl/N-ethyl adjacent to an activating group) is 1. The molecular formula is C50H61N3O7. The Morgan fingerprint density at radius 3 is 2.48 bits per heavy atom. The molecule has 1 fully saturated rings. The van der Waals surface area contributed by atoms with Gasteiger partial charge in [-0.2, -0.15) is 0 Å². The molecule has 3 aromatic carbocycles. The van der Waals surface area contributed by atoms with Crippen molar-refractivity contribution in [2.75, 3.05) is 26.9 Å². The molecule has 10 nitrogen and oxygen atoms in total. The Hall–Kier alpha value is -5.03. The largest absolute Gasteiger partial charge is 0.487 e. The summed E-state index contributed by atoms with van der Waals surface area (Å²) in [4.78, 5) is 27.5. The summed E-state index contributed by atoms with van der Waals surface area (Å²) in [6, 6.07) is 25.1. The van der Waals surface area contributed by atoms with E-state index in [0.29, 0.717) is 42.9 Å². The maximum absolute atomic E-state index is 14.8. The van der Waals surface area contributed by atoms with Crippen molar-refractivity contribution in [3.8, 4) is 11.5 Å². The van der Waals surface area contributed by atoms with Crippen LogP contribution in [0.3, 0.4) is 0 Å². The molecule has 318 valence electrons. The fourth-order valence-electron chi connectivity index (χ4n) is 9.51. The van der Waals surface area contributed by atoms with Crippen LogP contribution >= 0.6 is 0 Å². The second-order valence-corrected chi connectivity index (χ2v) is 17.5. The van der Waals surface area contributed by atoms with Gasteiger partial charge in [0.2, 0.25) is 5.79 Å². The van der Waals surface area contributed by atoms with Gasteiger partial charge in [0.25, 0.3) is 5.91 Å². The molecule has 1 aromatic heterocycles. The average molecular weight is 816 g/mol. The topological polar surface area (TPSA) is 123 Å². The number of aryl methyl sites for hydroxylation is 1. The number of hydrogen-bond donors (Lipinski definition) is 2. The Labute approximate surface area is 354 Å². The Morgan fingerprint density at radius 2 is 1.75 bits per heavy atom. The van der Waals surface area contributed by atoms with Crippen molar-refractivity contribution in [2.24, 2.45) is 22.9 Å². The number of aliphatic hydroxyl groups is 2. The fourth-order valence-corrected chi connectivity index (χ4v) is 9.51. The molecule has 4 aromatic rings. The molecule has 2 heterocycles. The van der Waals surface area contributed by atoms with Crippen LogP contribution in [-0.2, 0) is 16.2 Å². The number of fused-ring (bicyclic) bond motifs is 3. The van der Waals surface area contributed by atoms with E-state index in [-0.39, 0.29) is 43.5 Å². The van der Waals surface area contributed by atoms with E-state index >= 15 is 0 Å². The van der Waals surface area contributed by atoms with Gasteiger partial charge in [0.15, 0.2) is 0 Å². The van der Waals surface area contributed by atoms with Crippen molar-refractivity contribution in [1.82, 2.24) is 9.88 Å². The molecule has 7 rings (SSSR count). The second kappa shape index (κ2) is 18.7. The molecule has 6 atom stereocenters. The lowest BCUT2D eigenvalue weighted by molar-refractivity contribution is -0.252. The Balaban J connectivity index is 1.41. The number of oxime groups is 1. The lowest BCUT2D eigenvalue weighted by Crippen LogP contribution is -2.69. The molecule has 10 heteroatoms. The number of amides is 1. The first-order valence-corrected chi connectivity index (χ1v) is 21.5. The third kappa shape index (κ3) is 9.16. The number of rotatable bonds is 17. The Kier molecular flexibility index (Phi) is 13.4. The van der Waals surface area contributed by atoms with Crippen LogP contribution in [0.25, 0.3) is 10.8 Å².